The fourth-order valence-electron chi connectivity index (χ4n) is 3.99. The van der Waals surface area contributed by atoms with Crippen molar-refractivity contribution in [3.8, 4) is 0 Å². The van der Waals surface area contributed by atoms with Gasteiger partial charge >= 0.3 is 36.9 Å². The molecular weight excluding hydrogens is 625 g/mol. The molecule has 2 unspecified atom stereocenters. The molecule has 2 atom stereocenters. The molecule has 0 saturated carbocycles. The minimum absolute atomic E-state index is 0. The standard InChI is InChI=1S/3C10H20O2.Tm/c1-4-5-6-7-8-10(2,3)9(11)12;2*1-4-6-8-10(3,7-5-2)9(11)12;/h3*4-8H2,1-3H3,(H,11,12);/q;;;+3/p-3. The number of carboxylic acid groups (broad SMARTS) is 3. The molecule has 0 aliphatic rings. The number of aliphatic carboxylic acids is 3. The van der Waals surface area contributed by atoms with E-state index in [9.17, 15) is 29.7 Å². The molecule has 0 heterocycles. The van der Waals surface area contributed by atoms with Crippen LogP contribution in [0.2, 0.25) is 0 Å². The van der Waals surface area contributed by atoms with Gasteiger partial charge in [0, 0.05) is 34.2 Å². The average Bonchev–Trinajstić information content (AvgIpc) is 2.80. The Bertz CT molecular complexity index is 559. The van der Waals surface area contributed by atoms with Gasteiger partial charge in [-0.15, -0.1) is 0 Å². The smallest absolute Gasteiger partial charge is 0.550 e. The predicted octanol–water partition coefficient (Wildman–Crippen LogP) is 5.20. The molecule has 0 saturated heterocycles. The zero-order valence-corrected chi connectivity index (χ0v) is 27.1. The molecule has 0 N–H and O–H groups in total. The van der Waals surface area contributed by atoms with Crippen LogP contribution in [0.15, 0.2) is 0 Å². The van der Waals surface area contributed by atoms with Crippen LogP contribution >= 0.6 is 0 Å². The van der Waals surface area contributed by atoms with E-state index >= 15 is 0 Å². The number of carbonyl (C=O) groups excluding carboxylic acids is 3. The molecule has 0 aliphatic carbocycles. The van der Waals surface area contributed by atoms with E-state index in [1.54, 1.807) is 27.7 Å². The molecule has 0 spiro atoms. The van der Waals surface area contributed by atoms with Crippen LogP contribution in [0.3, 0.4) is 0 Å². The second-order valence-corrected chi connectivity index (χ2v) is 11.4. The summed E-state index contributed by atoms with van der Waals surface area (Å²) in [5.74, 6) is -2.71. The van der Waals surface area contributed by atoms with Gasteiger partial charge in [0.1, 0.15) is 0 Å². The van der Waals surface area contributed by atoms with Crippen molar-refractivity contribution in [3.63, 3.8) is 0 Å². The normalized spacial score (nSPS) is 13.9. The molecule has 6 nitrogen and oxygen atoms in total. The summed E-state index contributed by atoms with van der Waals surface area (Å²) in [6.45, 7) is 17.3. The van der Waals surface area contributed by atoms with Crippen LogP contribution in [0.1, 0.15) is 159 Å². The minimum Gasteiger partial charge on any atom is -0.550 e. The quantitative estimate of drug-likeness (QED) is 0.184. The van der Waals surface area contributed by atoms with Crippen molar-refractivity contribution < 1.29 is 66.6 Å². The van der Waals surface area contributed by atoms with Gasteiger partial charge in [0.25, 0.3) is 0 Å². The maximum atomic E-state index is 10.8. The maximum absolute atomic E-state index is 10.8. The Hall–Kier alpha value is -0.356. The molecule has 37 heavy (non-hydrogen) atoms. The summed E-state index contributed by atoms with van der Waals surface area (Å²) < 4.78 is 0. The zero-order valence-electron chi connectivity index (χ0n) is 25.3. The zero-order chi connectivity index (χ0) is 28.8. The van der Waals surface area contributed by atoms with Gasteiger partial charge in [0.2, 0.25) is 0 Å². The minimum atomic E-state index is -0.931. The molecule has 0 aromatic heterocycles. The van der Waals surface area contributed by atoms with Gasteiger partial charge in [-0.25, -0.2) is 0 Å². The molecule has 7 heteroatoms. The van der Waals surface area contributed by atoms with Gasteiger partial charge in [-0.3, -0.25) is 0 Å². The first-order chi connectivity index (χ1) is 16.6. The van der Waals surface area contributed by atoms with E-state index in [1.807, 2.05) is 13.8 Å². The van der Waals surface area contributed by atoms with E-state index in [-0.39, 0.29) is 36.9 Å². The van der Waals surface area contributed by atoms with Crippen molar-refractivity contribution in [2.24, 2.45) is 16.2 Å². The third-order valence-corrected chi connectivity index (χ3v) is 6.96. The topological polar surface area (TPSA) is 120 Å². The van der Waals surface area contributed by atoms with Crippen molar-refractivity contribution in [1.29, 1.82) is 0 Å². The molecule has 0 aromatic rings. The Morgan fingerprint density at radius 2 is 0.811 bits per heavy atom. The Balaban J connectivity index is -0.000000218. The molecule has 0 aliphatic heterocycles. The van der Waals surface area contributed by atoms with Crippen LogP contribution in [0, 0.1) is 53.1 Å². The Kier molecular flexibility index (Phi) is 29.1. The van der Waals surface area contributed by atoms with Crippen molar-refractivity contribution in [3.05, 3.63) is 0 Å². The van der Waals surface area contributed by atoms with Gasteiger partial charge in [-0.1, -0.05) is 127 Å². The van der Waals surface area contributed by atoms with Gasteiger partial charge < -0.3 is 29.7 Å². The fourth-order valence-corrected chi connectivity index (χ4v) is 3.99. The number of rotatable bonds is 18. The van der Waals surface area contributed by atoms with Gasteiger partial charge in [0.05, 0.1) is 0 Å². The summed E-state index contributed by atoms with van der Waals surface area (Å²) in [5.41, 5.74) is -1.83. The summed E-state index contributed by atoms with van der Waals surface area (Å²) in [6, 6.07) is 0. The van der Waals surface area contributed by atoms with Gasteiger partial charge in [-0.2, -0.15) is 0 Å². The Morgan fingerprint density at radius 1 is 0.459 bits per heavy atom. The van der Waals surface area contributed by atoms with E-state index in [0.717, 1.165) is 83.5 Å². The Morgan fingerprint density at radius 3 is 1.05 bits per heavy atom. The summed E-state index contributed by atoms with van der Waals surface area (Å²) in [5, 5.41) is 32.2. The summed E-state index contributed by atoms with van der Waals surface area (Å²) in [4.78, 5) is 32.2. The largest absolute Gasteiger partial charge is 3.00 e. The average molecular weight is 683 g/mol. The number of hydrogen-bond donors (Lipinski definition) is 0. The van der Waals surface area contributed by atoms with Crippen molar-refractivity contribution >= 4 is 17.9 Å². The second kappa shape index (κ2) is 24.7. The number of unbranched alkanes of at least 4 members (excludes halogenated alkanes) is 5. The molecule has 0 radical (unpaired) electrons. The molecule has 0 fully saturated rings. The van der Waals surface area contributed by atoms with E-state index in [0.29, 0.717) is 0 Å². The molecule has 0 rings (SSSR count). The number of hydrogen-bond acceptors (Lipinski definition) is 6. The summed E-state index contributed by atoms with van der Waals surface area (Å²) in [7, 11) is 0. The van der Waals surface area contributed by atoms with Gasteiger partial charge in [-0.05, 0) is 32.1 Å². The van der Waals surface area contributed by atoms with Crippen molar-refractivity contribution in [1.82, 2.24) is 0 Å². The molecule has 226 valence electrons. The number of carbonyl (C=O) groups is 3. The molecular formula is C30H57O6Tm. The first-order valence-electron chi connectivity index (χ1n) is 14.3. The maximum Gasteiger partial charge on any atom is 3.00 e. The SMILES string of the molecule is CCCCC(C)(CCC)C(=O)[O-].CCCCC(C)(CCC)C(=O)[O-].CCCCCCC(C)(C)C(=O)[O-].[Tm+3]. The van der Waals surface area contributed by atoms with Crippen LogP contribution in [-0.4, -0.2) is 17.9 Å². The molecule has 0 aromatic carbocycles. The first-order valence-corrected chi connectivity index (χ1v) is 14.3. The second-order valence-electron chi connectivity index (χ2n) is 11.4. The van der Waals surface area contributed by atoms with E-state index in [2.05, 4.69) is 20.8 Å². The van der Waals surface area contributed by atoms with Crippen LogP contribution in [0.4, 0.5) is 0 Å². The van der Waals surface area contributed by atoms with Crippen LogP contribution in [-0.2, 0) is 14.4 Å². The van der Waals surface area contributed by atoms with E-state index in [4.69, 9.17) is 0 Å². The molecule has 0 amide bonds. The van der Waals surface area contributed by atoms with Crippen molar-refractivity contribution in [2.75, 3.05) is 0 Å². The van der Waals surface area contributed by atoms with E-state index < -0.39 is 34.2 Å². The number of carboxylic acids is 3. The van der Waals surface area contributed by atoms with Crippen molar-refractivity contribution in [2.45, 2.75) is 159 Å². The third kappa shape index (κ3) is 22.2. The Labute approximate surface area is 258 Å². The third-order valence-electron chi connectivity index (χ3n) is 6.96. The van der Waals surface area contributed by atoms with Crippen LogP contribution in [0.25, 0.3) is 0 Å². The summed E-state index contributed by atoms with van der Waals surface area (Å²) >= 11 is 0. The monoisotopic (exact) mass is 682 g/mol. The van der Waals surface area contributed by atoms with Crippen LogP contribution in [0.5, 0.6) is 0 Å². The van der Waals surface area contributed by atoms with Gasteiger partial charge in [0.15, 0.2) is 0 Å². The fraction of sp³-hybridized carbons (Fsp3) is 0.900. The van der Waals surface area contributed by atoms with E-state index in [1.165, 1.54) is 12.8 Å². The molecule has 0 bridgehead atoms. The summed E-state index contributed by atoms with van der Waals surface area (Å²) in [6.07, 6.45) is 14.1. The van der Waals surface area contributed by atoms with Crippen LogP contribution < -0.4 is 15.3 Å². The predicted molar refractivity (Wildman–Crippen MR) is 143 cm³/mol. The first kappa shape index (κ1) is 43.7.